The van der Waals surface area contributed by atoms with Gasteiger partial charge in [-0.3, -0.25) is 14.0 Å². The van der Waals surface area contributed by atoms with Crippen LogP contribution < -0.4 is 15.6 Å². The number of hydrogen-bond acceptors (Lipinski definition) is 7. The van der Waals surface area contributed by atoms with Gasteiger partial charge in [0.05, 0.1) is 11.5 Å². The van der Waals surface area contributed by atoms with Gasteiger partial charge in [0.1, 0.15) is 28.6 Å². The Morgan fingerprint density at radius 2 is 2.00 bits per heavy atom. The lowest BCUT2D eigenvalue weighted by atomic mass is 10.1. The number of amides is 1. The van der Waals surface area contributed by atoms with Gasteiger partial charge in [0.25, 0.3) is 11.5 Å². The molecule has 1 amide bonds. The fraction of sp³-hybridized carbons (Fsp3) is 0.250. The molecule has 1 fully saturated rings. The van der Waals surface area contributed by atoms with Crippen molar-refractivity contribution in [2.45, 2.75) is 26.3 Å². The van der Waals surface area contributed by atoms with Crippen LogP contribution in [0.25, 0.3) is 11.7 Å². The van der Waals surface area contributed by atoms with Crippen LogP contribution in [0.15, 0.2) is 53.0 Å². The summed E-state index contributed by atoms with van der Waals surface area (Å²) in [5.41, 5.74) is 1.20. The van der Waals surface area contributed by atoms with E-state index in [-0.39, 0.29) is 34.9 Å². The molecule has 1 aromatic carbocycles. The molecule has 3 heterocycles. The molecule has 1 unspecified atom stereocenters. The summed E-state index contributed by atoms with van der Waals surface area (Å²) < 4.78 is 30.6. The van der Waals surface area contributed by atoms with Gasteiger partial charge in [0, 0.05) is 12.2 Å². The second-order valence-electron chi connectivity index (χ2n) is 8.18. The maximum Gasteiger partial charge on any atom is 0.269 e. The molecule has 3 aromatic rings. The third kappa shape index (κ3) is 4.84. The van der Waals surface area contributed by atoms with Crippen molar-refractivity contribution in [2.75, 3.05) is 11.5 Å². The molecular formula is C24H22N4O5S. The largest absolute Gasteiger partial charge is 0.438 e. The van der Waals surface area contributed by atoms with Gasteiger partial charge in [-0.25, -0.2) is 8.42 Å². The van der Waals surface area contributed by atoms with Crippen LogP contribution in [0, 0.1) is 25.2 Å². The molecule has 10 heteroatoms. The van der Waals surface area contributed by atoms with Crippen molar-refractivity contribution in [1.29, 1.82) is 5.26 Å². The second kappa shape index (κ2) is 9.11. The maximum atomic E-state index is 13.3. The molecule has 34 heavy (non-hydrogen) atoms. The van der Waals surface area contributed by atoms with Crippen molar-refractivity contribution in [3.05, 3.63) is 75.2 Å². The molecule has 4 rings (SSSR count). The van der Waals surface area contributed by atoms with Crippen LogP contribution in [0.5, 0.6) is 11.6 Å². The quantitative estimate of drug-likeness (QED) is 0.440. The third-order valence-electron chi connectivity index (χ3n) is 5.51. The highest BCUT2D eigenvalue weighted by atomic mass is 32.2. The molecule has 1 atom stereocenters. The number of nitrogens with zero attached hydrogens (tertiary/aromatic N) is 3. The van der Waals surface area contributed by atoms with Crippen LogP contribution >= 0.6 is 0 Å². The first-order chi connectivity index (χ1) is 16.2. The minimum absolute atomic E-state index is 0.0205. The van der Waals surface area contributed by atoms with Gasteiger partial charge in [-0.05, 0) is 50.1 Å². The number of rotatable bonds is 5. The molecule has 1 N–H and O–H groups in total. The molecule has 0 bridgehead atoms. The van der Waals surface area contributed by atoms with E-state index in [1.807, 2.05) is 19.1 Å². The number of ether oxygens (including phenoxy) is 1. The van der Waals surface area contributed by atoms with Crippen molar-refractivity contribution < 1.29 is 17.9 Å². The zero-order chi connectivity index (χ0) is 24.5. The van der Waals surface area contributed by atoms with E-state index in [9.17, 15) is 23.3 Å². The summed E-state index contributed by atoms with van der Waals surface area (Å²) in [4.78, 5) is 30.5. The standard InChI is InChI=1S/C24H22N4O5S/c1-15-5-7-19(8-6-15)33-23-20(24(30)28-10-3-4-16(2)21(28)27-23)12-17(13-25)22(29)26-18-9-11-34(31,32)14-18/h3-8,10,12,18H,9,11,14H2,1-2H3,(H,26,29). The van der Waals surface area contributed by atoms with Crippen molar-refractivity contribution in [2.24, 2.45) is 0 Å². The zero-order valence-electron chi connectivity index (χ0n) is 18.6. The van der Waals surface area contributed by atoms with Gasteiger partial charge in [-0.15, -0.1) is 0 Å². The molecular weight excluding hydrogens is 456 g/mol. The zero-order valence-corrected chi connectivity index (χ0v) is 19.4. The summed E-state index contributed by atoms with van der Waals surface area (Å²) in [6.07, 6.45) is 2.95. The summed E-state index contributed by atoms with van der Waals surface area (Å²) in [6, 6.07) is 11.8. The fourth-order valence-corrected chi connectivity index (χ4v) is 5.35. The van der Waals surface area contributed by atoms with Crippen molar-refractivity contribution in [3.63, 3.8) is 0 Å². The lowest BCUT2D eigenvalue weighted by Crippen LogP contribution is -2.36. The number of sulfone groups is 1. The highest BCUT2D eigenvalue weighted by molar-refractivity contribution is 7.91. The number of aromatic nitrogens is 2. The first-order valence-electron chi connectivity index (χ1n) is 10.6. The Kier molecular flexibility index (Phi) is 6.22. The Labute approximate surface area is 196 Å². The molecule has 0 aliphatic carbocycles. The number of pyridine rings is 1. The van der Waals surface area contributed by atoms with Gasteiger partial charge >= 0.3 is 0 Å². The molecule has 2 aromatic heterocycles. The fourth-order valence-electron chi connectivity index (χ4n) is 3.68. The first-order valence-corrected chi connectivity index (χ1v) is 12.4. The summed E-state index contributed by atoms with van der Waals surface area (Å²) in [5, 5.41) is 12.2. The predicted molar refractivity (Wildman–Crippen MR) is 126 cm³/mol. The summed E-state index contributed by atoms with van der Waals surface area (Å²) >= 11 is 0. The minimum Gasteiger partial charge on any atom is -0.438 e. The Bertz CT molecular complexity index is 1520. The van der Waals surface area contributed by atoms with Crippen molar-refractivity contribution in [1.82, 2.24) is 14.7 Å². The predicted octanol–water partition coefficient (Wildman–Crippen LogP) is 2.31. The lowest BCUT2D eigenvalue weighted by molar-refractivity contribution is -0.117. The van der Waals surface area contributed by atoms with E-state index < -0.39 is 27.3 Å². The number of carbonyl (C=O) groups excluding carboxylic acids is 1. The maximum absolute atomic E-state index is 13.3. The normalized spacial score (nSPS) is 17.3. The lowest BCUT2D eigenvalue weighted by Gasteiger charge is -2.12. The van der Waals surface area contributed by atoms with E-state index in [1.165, 1.54) is 4.40 Å². The Morgan fingerprint density at radius 3 is 2.65 bits per heavy atom. The van der Waals surface area contributed by atoms with E-state index in [0.29, 0.717) is 11.4 Å². The van der Waals surface area contributed by atoms with Crippen molar-refractivity contribution >= 4 is 27.5 Å². The summed E-state index contributed by atoms with van der Waals surface area (Å²) in [7, 11) is -3.21. The van der Waals surface area contributed by atoms with Crippen LogP contribution in [0.1, 0.15) is 23.1 Å². The summed E-state index contributed by atoms with van der Waals surface area (Å²) in [6.45, 7) is 3.73. The monoisotopic (exact) mass is 478 g/mol. The number of aryl methyl sites for hydroxylation is 2. The van der Waals surface area contributed by atoms with E-state index in [0.717, 1.165) is 17.2 Å². The van der Waals surface area contributed by atoms with Crippen molar-refractivity contribution in [3.8, 4) is 17.7 Å². The SMILES string of the molecule is Cc1ccc(Oc2nc3c(C)cccn3c(=O)c2C=C(C#N)C(=O)NC2CCS(=O)(=O)C2)cc1. The van der Waals surface area contributed by atoms with Gasteiger partial charge in [-0.1, -0.05) is 23.8 Å². The molecule has 1 saturated heterocycles. The molecule has 1 aliphatic rings. The molecule has 174 valence electrons. The average Bonchev–Trinajstić information content (AvgIpc) is 3.14. The van der Waals surface area contributed by atoms with Gasteiger partial charge in [-0.2, -0.15) is 10.2 Å². The smallest absolute Gasteiger partial charge is 0.269 e. The number of nitriles is 1. The van der Waals surface area contributed by atoms with Gasteiger partial charge in [0.15, 0.2) is 9.84 Å². The second-order valence-corrected chi connectivity index (χ2v) is 10.4. The van der Waals surface area contributed by atoms with E-state index in [4.69, 9.17) is 4.74 Å². The Balaban J connectivity index is 1.78. The van der Waals surface area contributed by atoms with E-state index in [2.05, 4.69) is 10.3 Å². The highest BCUT2D eigenvalue weighted by Crippen LogP contribution is 2.25. The molecule has 9 nitrogen and oxygen atoms in total. The minimum atomic E-state index is -3.21. The molecule has 0 saturated carbocycles. The Hall–Kier alpha value is -3.97. The van der Waals surface area contributed by atoms with Crippen LogP contribution in [-0.4, -0.2) is 41.3 Å². The van der Waals surface area contributed by atoms with E-state index >= 15 is 0 Å². The number of nitrogens with one attached hydrogen (secondary N) is 1. The van der Waals surface area contributed by atoms with Crippen LogP contribution in [0.4, 0.5) is 0 Å². The Morgan fingerprint density at radius 1 is 1.26 bits per heavy atom. The number of hydrogen-bond donors (Lipinski definition) is 1. The molecule has 1 aliphatic heterocycles. The van der Waals surface area contributed by atoms with E-state index in [1.54, 1.807) is 43.5 Å². The average molecular weight is 479 g/mol. The number of carbonyl (C=O) groups is 1. The van der Waals surface area contributed by atoms with Gasteiger partial charge < -0.3 is 10.1 Å². The third-order valence-corrected chi connectivity index (χ3v) is 7.27. The van der Waals surface area contributed by atoms with Crippen LogP contribution in [0.3, 0.4) is 0 Å². The van der Waals surface area contributed by atoms with Gasteiger partial charge in [0.2, 0.25) is 5.88 Å². The molecule has 0 spiro atoms. The molecule has 0 radical (unpaired) electrons. The topological polar surface area (TPSA) is 131 Å². The number of benzene rings is 1. The summed E-state index contributed by atoms with van der Waals surface area (Å²) in [5.74, 6) is -0.581. The first kappa shape index (κ1) is 23.2. The number of fused-ring (bicyclic) bond motifs is 1. The van der Waals surface area contributed by atoms with Crippen LogP contribution in [-0.2, 0) is 14.6 Å². The van der Waals surface area contributed by atoms with Crippen LogP contribution in [0.2, 0.25) is 0 Å². The highest BCUT2D eigenvalue weighted by Gasteiger charge is 2.30.